The molecule has 1 amide bonds. The highest BCUT2D eigenvalue weighted by atomic mass is 16.5. The summed E-state index contributed by atoms with van der Waals surface area (Å²) in [7, 11) is 3.15. The number of aliphatic carboxylic acids is 1. The van der Waals surface area contributed by atoms with Gasteiger partial charge in [-0.3, -0.25) is 4.79 Å². The third-order valence-electron chi connectivity index (χ3n) is 5.52. The van der Waals surface area contributed by atoms with E-state index in [4.69, 9.17) is 9.47 Å². The predicted molar refractivity (Wildman–Crippen MR) is 100 cm³/mol. The molecule has 1 aromatic carbocycles. The van der Waals surface area contributed by atoms with Gasteiger partial charge in [0.1, 0.15) is 0 Å². The molecule has 1 aliphatic carbocycles. The van der Waals surface area contributed by atoms with Crippen LogP contribution in [-0.4, -0.2) is 48.0 Å². The summed E-state index contributed by atoms with van der Waals surface area (Å²) >= 11 is 0. The maximum absolute atomic E-state index is 13.0. The van der Waals surface area contributed by atoms with Crippen LogP contribution in [0.2, 0.25) is 0 Å². The molecule has 27 heavy (non-hydrogen) atoms. The molecule has 0 aromatic heterocycles. The van der Waals surface area contributed by atoms with Crippen molar-refractivity contribution in [3.8, 4) is 11.5 Å². The lowest BCUT2D eigenvalue weighted by molar-refractivity contribution is -0.154. The summed E-state index contributed by atoms with van der Waals surface area (Å²) in [6, 6.07) is 4.60. The lowest BCUT2D eigenvalue weighted by Crippen LogP contribution is -2.51. The molecular weight excluding hydrogens is 348 g/mol. The van der Waals surface area contributed by atoms with E-state index in [2.05, 4.69) is 5.10 Å². The standard InChI is InChI=1S/C20H26N2O5/c1-4-15(20(24)25)22-19(23)14-8-6-5-7-13(14)18(21-22)12-9-10-16(26-2)17(11-12)27-3/h9-11,13-15H,4-8H2,1-3H3,(H,24,25)/t13-,14+,15?/m0/s1. The van der Waals surface area contributed by atoms with E-state index < -0.39 is 12.0 Å². The Balaban J connectivity index is 2.09. The largest absolute Gasteiger partial charge is 0.493 e. The molecule has 1 unspecified atom stereocenters. The summed E-state index contributed by atoms with van der Waals surface area (Å²) in [5.74, 6) is -0.213. The highest BCUT2D eigenvalue weighted by molar-refractivity contribution is 6.07. The van der Waals surface area contributed by atoms with Crippen LogP contribution in [0.4, 0.5) is 0 Å². The smallest absolute Gasteiger partial charge is 0.328 e. The van der Waals surface area contributed by atoms with Crippen LogP contribution in [0.3, 0.4) is 0 Å². The first-order valence-corrected chi connectivity index (χ1v) is 9.38. The molecule has 1 aromatic rings. The highest BCUT2D eigenvalue weighted by Crippen LogP contribution is 2.39. The van der Waals surface area contributed by atoms with Gasteiger partial charge in [-0.2, -0.15) is 5.10 Å². The zero-order valence-corrected chi connectivity index (χ0v) is 16.0. The molecule has 0 bridgehead atoms. The minimum atomic E-state index is -1.03. The number of benzene rings is 1. The molecule has 0 spiro atoms. The number of methoxy groups -OCH3 is 2. The zero-order chi connectivity index (χ0) is 19.6. The van der Waals surface area contributed by atoms with Crippen LogP contribution in [-0.2, 0) is 9.59 Å². The molecule has 1 N–H and O–H groups in total. The van der Waals surface area contributed by atoms with Gasteiger partial charge in [-0.1, -0.05) is 19.8 Å². The molecule has 2 aliphatic rings. The van der Waals surface area contributed by atoms with Gasteiger partial charge in [-0.05, 0) is 37.5 Å². The number of nitrogens with zero attached hydrogens (tertiary/aromatic N) is 2. The van der Waals surface area contributed by atoms with Gasteiger partial charge < -0.3 is 14.6 Å². The number of carboxylic acid groups (broad SMARTS) is 1. The fourth-order valence-corrected chi connectivity index (χ4v) is 4.11. The monoisotopic (exact) mass is 374 g/mol. The fraction of sp³-hybridized carbons (Fsp3) is 0.550. The van der Waals surface area contributed by atoms with Gasteiger partial charge in [0, 0.05) is 17.4 Å². The van der Waals surface area contributed by atoms with Crippen LogP contribution in [0.1, 0.15) is 44.6 Å². The van der Waals surface area contributed by atoms with Crippen molar-refractivity contribution in [2.45, 2.75) is 45.1 Å². The minimum Gasteiger partial charge on any atom is -0.493 e. The first-order valence-electron chi connectivity index (χ1n) is 9.38. The molecule has 146 valence electrons. The summed E-state index contributed by atoms with van der Waals surface area (Å²) in [5.41, 5.74) is 1.60. The second-order valence-electron chi connectivity index (χ2n) is 7.00. The molecule has 1 heterocycles. The number of hydrogen-bond acceptors (Lipinski definition) is 5. The number of hydrogen-bond donors (Lipinski definition) is 1. The van der Waals surface area contributed by atoms with Crippen LogP contribution in [0.5, 0.6) is 11.5 Å². The molecule has 1 saturated carbocycles. The summed E-state index contributed by atoms with van der Waals surface area (Å²) in [4.78, 5) is 24.6. The number of ether oxygens (including phenoxy) is 2. The van der Waals surface area contributed by atoms with Crippen molar-refractivity contribution in [2.75, 3.05) is 14.2 Å². The first-order chi connectivity index (χ1) is 13.0. The summed E-state index contributed by atoms with van der Waals surface area (Å²) in [6.45, 7) is 1.75. The Morgan fingerprint density at radius 1 is 1.22 bits per heavy atom. The van der Waals surface area contributed by atoms with Crippen molar-refractivity contribution in [3.63, 3.8) is 0 Å². The fourth-order valence-electron chi connectivity index (χ4n) is 4.11. The number of fused-ring (bicyclic) bond motifs is 1. The minimum absolute atomic E-state index is 0.00639. The van der Waals surface area contributed by atoms with Crippen molar-refractivity contribution in [3.05, 3.63) is 23.8 Å². The Labute approximate surface area is 158 Å². The Hall–Kier alpha value is -2.57. The van der Waals surface area contributed by atoms with Gasteiger partial charge in [0.2, 0.25) is 5.91 Å². The molecule has 0 radical (unpaired) electrons. The van der Waals surface area contributed by atoms with Gasteiger partial charge in [0.25, 0.3) is 0 Å². The highest BCUT2D eigenvalue weighted by Gasteiger charge is 2.44. The van der Waals surface area contributed by atoms with Crippen molar-refractivity contribution in [1.29, 1.82) is 0 Å². The zero-order valence-electron chi connectivity index (χ0n) is 16.0. The average molecular weight is 374 g/mol. The molecule has 7 heteroatoms. The number of amides is 1. The summed E-state index contributed by atoms with van der Waals surface area (Å²) in [6.07, 6.45) is 3.96. The molecule has 3 rings (SSSR count). The van der Waals surface area contributed by atoms with Crippen LogP contribution in [0.15, 0.2) is 23.3 Å². The SMILES string of the molecule is CCC(C(=O)O)N1N=C(c2ccc(OC)c(OC)c2)[C@H]2CCCC[C@H]2C1=O. The van der Waals surface area contributed by atoms with E-state index >= 15 is 0 Å². The van der Waals surface area contributed by atoms with E-state index in [0.717, 1.165) is 37.0 Å². The lowest BCUT2D eigenvalue weighted by atomic mass is 9.73. The van der Waals surface area contributed by atoms with Gasteiger partial charge >= 0.3 is 5.97 Å². The van der Waals surface area contributed by atoms with Gasteiger partial charge in [0.05, 0.1) is 19.9 Å². The topological polar surface area (TPSA) is 88.4 Å². The molecule has 1 fully saturated rings. The van der Waals surface area contributed by atoms with E-state index in [1.54, 1.807) is 21.1 Å². The number of hydrazone groups is 1. The Kier molecular flexibility index (Phi) is 5.68. The van der Waals surface area contributed by atoms with Gasteiger partial charge in [-0.25, -0.2) is 9.80 Å². The Morgan fingerprint density at radius 2 is 1.89 bits per heavy atom. The van der Waals surface area contributed by atoms with Crippen LogP contribution in [0.25, 0.3) is 0 Å². The average Bonchev–Trinajstić information content (AvgIpc) is 2.69. The summed E-state index contributed by atoms with van der Waals surface area (Å²) < 4.78 is 10.7. The number of rotatable bonds is 6. The Bertz CT molecular complexity index is 761. The third-order valence-corrected chi connectivity index (χ3v) is 5.52. The molecule has 7 nitrogen and oxygen atoms in total. The maximum Gasteiger partial charge on any atom is 0.328 e. The Morgan fingerprint density at radius 3 is 2.48 bits per heavy atom. The van der Waals surface area contributed by atoms with Crippen molar-refractivity contribution < 1.29 is 24.2 Å². The third kappa shape index (κ3) is 3.50. The lowest BCUT2D eigenvalue weighted by Gasteiger charge is -2.40. The van der Waals surface area contributed by atoms with Crippen LogP contribution < -0.4 is 9.47 Å². The van der Waals surface area contributed by atoms with Crippen LogP contribution >= 0.6 is 0 Å². The molecule has 0 saturated heterocycles. The first kappa shape index (κ1) is 19.2. The second kappa shape index (κ2) is 7.98. The van der Waals surface area contributed by atoms with Crippen molar-refractivity contribution >= 4 is 17.6 Å². The molecule has 3 atom stereocenters. The van der Waals surface area contributed by atoms with E-state index in [1.807, 2.05) is 18.2 Å². The van der Waals surface area contributed by atoms with Crippen LogP contribution in [0, 0.1) is 11.8 Å². The van der Waals surface area contributed by atoms with Crippen molar-refractivity contribution in [1.82, 2.24) is 5.01 Å². The maximum atomic E-state index is 13.0. The predicted octanol–water partition coefficient (Wildman–Crippen LogP) is 2.92. The molecular formula is C20H26N2O5. The van der Waals surface area contributed by atoms with E-state index in [1.165, 1.54) is 5.01 Å². The van der Waals surface area contributed by atoms with Gasteiger partial charge in [0.15, 0.2) is 17.5 Å². The van der Waals surface area contributed by atoms with E-state index in [0.29, 0.717) is 17.9 Å². The summed E-state index contributed by atoms with van der Waals surface area (Å²) in [5, 5.41) is 15.3. The number of carbonyl (C=O) groups is 2. The van der Waals surface area contributed by atoms with E-state index in [-0.39, 0.29) is 17.7 Å². The quantitative estimate of drug-likeness (QED) is 0.827. The second-order valence-corrected chi connectivity index (χ2v) is 7.00. The van der Waals surface area contributed by atoms with E-state index in [9.17, 15) is 14.7 Å². The number of carbonyl (C=O) groups excluding carboxylic acids is 1. The number of carboxylic acids is 1. The van der Waals surface area contributed by atoms with Gasteiger partial charge in [-0.15, -0.1) is 0 Å². The van der Waals surface area contributed by atoms with Crippen molar-refractivity contribution in [2.24, 2.45) is 16.9 Å². The molecule has 1 aliphatic heterocycles. The normalized spacial score (nSPS) is 23.3.